The van der Waals surface area contributed by atoms with E-state index in [0.29, 0.717) is 12.5 Å². The van der Waals surface area contributed by atoms with Crippen LogP contribution in [-0.2, 0) is 16.0 Å². The van der Waals surface area contributed by atoms with E-state index in [1.54, 1.807) is 6.92 Å². The minimum atomic E-state index is -0.382. The predicted molar refractivity (Wildman–Crippen MR) is 61.0 cm³/mol. The van der Waals surface area contributed by atoms with Crippen LogP contribution >= 0.6 is 0 Å². The molecule has 0 aliphatic heterocycles. The van der Waals surface area contributed by atoms with Gasteiger partial charge in [-0.15, -0.1) is 10.2 Å². The lowest BCUT2D eigenvalue weighted by molar-refractivity contribution is -0.142. The van der Waals surface area contributed by atoms with Gasteiger partial charge in [0, 0.05) is 0 Å². The number of aromatic nitrogens is 2. The maximum atomic E-state index is 11.2. The highest BCUT2D eigenvalue weighted by Gasteiger charge is 2.27. The Morgan fingerprint density at radius 2 is 2.12 bits per heavy atom. The van der Waals surface area contributed by atoms with E-state index in [0.717, 1.165) is 0 Å². The molecule has 1 aromatic heterocycles. The van der Waals surface area contributed by atoms with E-state index in [-0.39, 0.29) is 29.7 Å². The number of nitrogens with two attached hydrogens (primary N) is 1. The topological polar surface area (TPSA) is 91.2 Å². The number of nitrogens with zero attached hydrogens (tertiary/aromatic N) is 2. The Balaban J connectivity index is 2.69. The minimum absolute atomic E-state index is 0.0162. The molecule has 1 aromatic rings. The second-order valence-corrected chi connectivity index (χ2v) is 4.86. The molecular weight excluding hydrogens is 222 g/mol. The summed E-state index contributed by atoms with van der Waals surface area (Å²) in [5.74, 6) is 0.196. The van der Waals surface area contributed by atoms with E-state index in [9.17, 15) is 4.79 Å². The van der Waals surface area contributed by atoms with Crippen molar-refractivity contribution in [1.29, 1.82) is 0 Å². The van der Waals surface area contributed by atoms with E-state index in [4.69, 9.17) is 14.9 Å². The first kappa shape index (κ1) is 13.6. The van der Waals surface area contributed by atoms with Crippen LogP contribution in [0.4, 0.5) is 0 Å². The second kappa shape index (κ2) is 5.27. The molecule has 1 heterocycles. The Labute approximate surface area is 101 Å². The number of carbonyl (C=O) groups excluding carboxylic acids is 1. The molecule has 0 amide bonds. The van der Waals surface area contributed by atoms with E-state index in [1.165, 1.54) is 0 Å². The Hall–Kier alpha value is -1.43. The molecule has 0 aromatic carbocycles. The van der Waals surface area contributed by atoms with Crippen molar-refractivity contribution in [2.45, 2.75) is 40.2 Å². The zero-order chi connectivity index (χ0) is 13.1. The molecule has 1 atom stereocenters. The summed E-state index contributed by atoms with van der Waals surface area (Å²) in [6.45, 7) is 8.01. The van der Waals surface area contributed by atoms with Crippen LogP contribution in [0.3, 0.4) is 0 Å². The third-order valence-corrected chi connectivity index (χ3v) is 2.28. The highest BCUT2D eigenvalue weighted by Crippen LogP contribution is 2.29. The molecule has 6 heteroatoms. The molecule has 2 N–H and O–H groups in total. The molecule has 0 aliphatic carbocycles. The third kappa shape index (κ3) is 3.81. The Morgan fingerprint density at radius 3 is 2.65 bits per heavy atom. The van der Waals surface area contributed by atoms with Crippen LogP contribution in [0.25, 0.3) is 0 Å². The number of esters is 1. The summed E-state index contributed by atoms with van der Waals surface area (Å²) in [5, 5.41) is 7.62. The molecule has 0 unspecified atom stereocenters. The molecule has 1 rings (SSSR count). The van der Waals surface area contributed by atoms with Gasteiger partial charge in [0.25, 0.3) is 0 Å². The van der Waals surface area contributed by atoms with Gasteiger partial charge in [0.05, 0.1) is 12.6 Å². The average molecular weight is 241 g/mol. The van der Waals surface area contributed by atoms with Gasteiger partial charge in [-0.2, -0.15) is 0 Å². The number of rotatable bonds is 4. The number of carbonyl (C=O) groups is 1. The van der Waals surface area contributed by atoms with Gasteiger partial charge in [0.15, 0.2) is 0 Å². The molecule has 0 radical (unpaired) electrons. The maximum absolute atomic E-state index is 11.2. The van der Waals surface area contributed by atoms with Gasteiger partial charge in [-0.05, 0) is 12.3 Å². The van der Waals surface area contributed by atoms with Gasteiger partial charge in [-0.3, -0.25) is 4.79 Å². The Morgan fingerprint density at radius 1 is 1.47 bits per heavy atom. The summed E-state index contributed by atoms with van der Waals surface area (Å²) >= 11 is 0. The van der Waals surface area contributed by atoms with Crippen molar-refractivity contribution in [3.8, 4) is 0 Å². The largest absolute Gasteiger partial charge is 0.466 e. The molecule has 96 valence electrons. The maximum Gasteiger partial charge on any atom is 0.315 e. The third-order valence-electron chi connectivity index (χ3n) is 2.28. The van der Waals surface area contributed by atoms with Crippen LogP contribution in [0.15, 0.2) is 4.42 Å². The normalized spacial score (nSPS) is 13.5. The van der Waals surface area contributed by atoms with Gasteiger partial charge in [-0.1, -0.05) is 20.8 Å². The van der Waals surface area contributed by atoms with Crippen molar-refractivity contribution >= 4 is 5.97 Å². The van der Waals surface area contributed by atoms with E-state index in [2.05, 4.69) is 10.2 Å². The molecule has 0 bridgehead atoms. The van der Waals surface area contributed by atoms with E-state index < -0.39 is 0 Å². The van der Waals surface area contributed by atoms with Crippen molar-refractivity contribution in [2.75, 3.05) is 6.61 Å². The quantitative estimate of drug-likeness (QED) is 0.797. The lowest BCUT2D eigenvalue weighted by Crippen LogP contribution is -2.26. The molecule has 0 spiro atoms. The second-order valence-electron chi connectivity index (χ2n) is 4.86. The average Bonchev–Trinajstić information content (AvgIpc) is 2.63. The molecule has 6 nitrogen and oxygen atoms in total. The summed E-state index contributed by atoms with van der Waals surface area (Å²) in [7, 11) is 0. The molecule has 0 saturated carbocycles. The summed E-state index contributed by atoms with van der Waals surface area (Å²) < 4.78 is 10.1. The standard InChI is InChI=1S/C11H19N3O3/c1-5-16-8(15)6-7-13-14-10(17-7)9(12)11(2,3)4/h9H,5-6,12H2,1-4H3/t9-/m1/s1. The summed E-state index contributed by atoms with van der Waals surface area (Å²) in [6, 6.07) is -0.356. The van der Waals surface area contributed by atoms with Gasteiger partial charge >= 0.3 is 5.97 Å². The highest BCUT2D eigenvalue weighted by atomic mass is 16.5. The lowest BCUT2D eigenvalue weighted by atomic mass is 9.87. The van der Waals surface area contributed by atoms with Crippen LogP contribution < -0.4 is 5.73 Å². The van der Waals surface area contributed by atoms with E-state index in [1.807, 2.05) is 20.8 Å². The first-order valence-corrected chi connectivity index (χ1v) is 5.58. The molecule has 0 aliphatic rings. The first-order valence-electron chi connectivity index (χ1n) is 5.58. The van der Waals surface area contributed by atoms with Crippen LogP contribution in [-0.4, -0.2) is 22.8 Å². The van der Waals surface area contributed by atoms with Crippen LogP contribution in [0.1, 0.15) is 45.5 Å². The first-order chi connectivity index (χ1) is 7.84. The molecular formula is C11H19N3O3. The fourth-order valence-electron chi connectivity index (χ4n) is 1.17. The van der Waals surface area contributed by atoms with Gasteiger partial charge in [0.1, 0.15) is 6.42 Å². The predicted octanol–water partition coefficient (Wildman–Crippen LogP) is 1.22. The van der Waals surface area contributed by atoms with E-state index >= 15 is 0 Å². The van der Waals surface area contributed by atoms with Crippen molar-refractivity contribution in [2.24, 2.45) is 11.1 Å². The van der Waals surface area contributed by atoms with Crippen LogP contribution in [0.5, 0.6) is 0 Å². The van der Waals surface area contributed by atoms with Gasteiger partial charge < -0.3 is 14.9 Å². The minimum Gasteiger partial charge on any atom is -0.466 e. The van der Waals surface area contributed by atoms with Crippen molar-refractivity contribution in [3.05, 3.63) is 11.8 Å². The van der Waals surface area contributed by atoms with Crippen molar-refractivity contribution < 1.29 is 13.9 Å². The Bertz CT molecular complexity index is 382. The fraction of sp³-hybridized carbons (Fsp3) is 0.727. The highest BCUT2D eigenvalue weighted by molar-refractivity contribution is 5.71. The molecule has 17 heavy (non-hydrogen) atoms. The zero-order valence-corrected chi connectivity index (χ0v) is 10.7. The summed E-state index contributed by atoms with van der Waals surface area (Å²) in [6.07, 6.45) is -0.0162. The van der Waals surface area contributed by atoms with Crippen molar-refractivity contribution in [1.82, 2.24) is 10.2 Å². The monoisotopic (exact) mass is 241 g/mol. The number of ether oxygens (including phenoxy) is 1. The number of hydrogen-bond acceptors (Lipinski definition) is 6. The number of hydrogen-bond donors (Lipinski definition) is 1. The van der Waals surface area contributed by atoms with Crippen LogP contribution in [0, 0.1) is 5.41 Å². The molecule has 0 saturated heterocycles. The van der Waals surface area contributed by atoms with Gasteiger partial charge in [0.2, 0.25) is 11.8 Å². The SMILES string of the molecule is CCOC(=O)Cc1nnc([C@@H](N)C(C)(C)C)o1. The summed E-state index contributed by atoms with van der Waals surface area (Å²) in [5.41, 5.74) is 5.79. The van der Waals surface area contributed by atoms with Gasteiger partial charge in [-0.25, -0.2) is 0 Å². The summed E-state index contributed by atoms with van der Waals surface area (Å²) in [4.78, 5) is 11.2. The van der Waals surface area contributed by atoms with Crippen LogP contribution in [0.2, 0.25) is 0 Å². The molecule has 0 fully saturated rings. The zero-order valence-electron chi connectivity index (χ0n) is 10.7. The smallest absolute Gasteiger partial charge is 0.315 e. The Kier molecular flexibility index (Phi) is 4.22. The lowest BCUT2D eigenvalue weighted by Gasteiger charge is -2.23. The fourth-order valence-corrected chi connectivity index (χ4v) is 1.17. The van der Waals surface area contributed by atoms with Crippen molar-refractivity contribution in [3.63, 3.8) is 0 Å².